The van der Waals surface area contributed by atoms with Crippen molar-refractivity contribution in [2.24, 2.45) is 11.7 Å². The number of nitrogens with one attached hydrogen (secondary N) is 2. The van der Waals surface area contributed by atoms with E-state index >= 15 is 0 Å². The zero-order chi connectivity index (χ0) is 24.5. The maximum atomic E-state index is 13.1. The van der Waals surface area contributed by atoms with Crippen LogP contribution in [0.5, 0.6) is 5.75 Å². The summed E-state index contributed by atoms with van der Waals surface area (Å²) >= 11 is 6.10. The molecule has 178 valence electrons. The highest BCUT2D eigenvalue weighted by atomic mass is 35.5. The Morgan fingerprint density at radius 2 is 1.73 bits per heavy atom. The molecule has 2 amide bonds. The van der Waals surface area contributed by atoms with Crippen LogP contribution in [0.1, 0.15) is 36.7 Å². The highest BCUT2D eigenvalue weighted by Crippen LogP contribution is 2.24. The molecule has 3 atom stereocenters. The highest BCUT2D eigenvalue weighted by molar-refractivity contribution is 6.31. The van der Waals surface area contributed by atoms with E-state index in [0.29, 0.717) is 5.02 Å². The van der Waals surface area contributed by atoms with Gasteiger partial charge in [0, 0.05) is 17.5 Å². The molecule has 0 bridgehead atoms. The van der Waals surface area contributed by atoms with E-state index in [1.165, 1.54) is 13.0 Å². The van der Waals surface area contributed by atoms with E-state index in [2.05, 4.69) is 10.6 Å². The molecule has 2 aromatic rings. The minimum Gasteiger partial charge on any atom is -0.491 e. The molecule has 0 aliphatic heterocycles. The van der Waals surface area contributed by atoms with Gasteiger partial charge in [0.25, 0.3) is 5.91 Å². The summed E-state index contributed by atoms with van der Waals surface area (Å²) in [5.41, 5.74) is 6.99. The lowest BCUT2D eigenvalue weighted by molar-refractivity contribution is -0.141. The van der Waals surface area contributed by atoms with Crippen molar-refractivity contribution in [1.29, 1.82) is 0 Å². The Balaban J connectivity index is 2.26. The van der Waals surface area contributed by atoms with Crippen molar-refractivity contribution in [2.75, 3.05) is 6.61 Å². The summed E-state index contributed by atoms with van der Waals surface area (Å²) in [5.74, 6) is -1.91. The molecule has 0 radical (unpaired) electrons. The number of benzene rings is 2. The molecule has 0 saturated carbocycles. The van der Waals surface area contributed by atoms with Crippen LogP contribution in [0.4, 0.5) is 0 Å². The van der Waals surface area contributed by atoms with Crippen LogP contribution in [0, 0.1) is 5.92 Å². The lowest BCUT2D eigenvalue weighted by Gasteiger charge is -2.22. The number of carbonyl (C=O) groups is 3. The first kappa shape index (κ1) is 26.2. The van der Waals surface area contributed by atoms with Crippen LogP contribution >= 0.6 is 11.6 Å². The van der Waals surface area contributed by atoms with Crippen LogP contribution in [-0.2, 0) is 16.0 Å². The lowest BCUT2D eigenvalue weighted by Crippen LogP contribution is -2.51. The van der Waals surface area contributed by atoms with Gasteiger partial charge >= 0.3 is 5.97 Å². The third-order valence-electron chi connectivity index (χ3n) is 5.11. The molecule has 2 rings (SSSR count). The molecule has 0 aromatic heterocycles. The zero-order valence-corrected chi connectivity index (χ0v) is 19.6. The fourth-order valence-corrected chi connectivity index (χ4v) is 3.03. The molecule has 33 heavy (non-hydrogen) atoms. The average molecular weight is 476 g/mol. The van der Waals surface area contributed by atoms with Crippen molar-refractivity contribution in [3.8, 4) is 5.75 Å². The number of amides is 2. The molecule has 8 nitrogen and oxygen atoms in total. The predicted molar refractivity (Wildman–Crippen MR) is 126 cm³/mol. The molecule has 9 heteroatoms. The monoisotopic (exact) mass is 475 g/mol. The molecule has 2 aromatic carbocycles. The standard InChI is InChI=1S/C24H30ClN3O5/c1-14(2)19(26)13-33-21-10-9-17(25)12-18(21)22(29)28-20(11-16-7-5-4-6-8-16)23(30)27-15(3)24(31)32/h4-10,12,14-15,19-20H,11,13,26H2,1-3H3,(H,27,30)(H,28,29)(H,31,32)/t15-,19-,20-/m0/s1. The van der Waals surface area contributed by atoms with Crippen LogP contribution in [0.3, 0.4) is 0 Å². The topological polar surface area (TPSA) is 131 Å². The largest absolute Gasteiger partial charge is 0.491 e. The lowest BCUT2D eigenvalue weighted by atomic mass is 10.0. The molecule has 5 N–H and O–H groups in total. The summed E-state index contributed by atoms with van der Waals surface area (Å²) in [4.78, 5) is 37.1. The number of aliphatic carboxylic acids is 1. The van der Waals surface area contributed by atoms with E-state index in [-0.39, 0.29) is 36.3 Å². The van der Waals surface area contributed by atoms with Gasteiger partial charge < -0.3 is 26.2 Å². The average Bonchev–Trinajstić information content (AvgIpc) is 2.77. The first-order valence-corrected chi connectivity index (χ1v) is 11.0. The second kappa shape index (κ2) is 12.2. The van der Waals surface area contributed by atoms with Gasteiger partial charge in [0.2, 0.25) is 5.91 Å². The second-order valence-corrected chi connectivity index (χ2v) is 8.58. The van der Waals surface area contributed by atoms with Crippen LogP contribution in [-0.4, -0.2) is 47.6 Å². The molecular formula is C24H30ClN3O5. The molecule has 0 heterocycles. The van der Waals surface area contributed by atoms with Gasteiger partial charge in [-0.15, -0.1) is 0 Å². The molecule has 0 aliphatic rings. The van der Waals surface area contributed by atoms with E-state index in [4.69, 9.17) is 27.2 Å². The Hall–Kier alpha value is -3.10. The van der Waals surface area contributed by atoms with Crippen molar-refractivity contribution in [2.45, 2.75) is 45.3 Å². The van der Waals surface area contributed by atoms with E-state index in [9.17, 15) is 14.4 Å². The van der Waals surface area contributed by atoms with E-state index < -0.39 is 29.9 Å². The number of carboxylic acid groups (broad SMARTS) is 1. The van der Waals surface area contributed by atoms with E-state index in [0.717, 1.165) is 5.56 Å². The Bertz CT molecular complexity index is 968. The number of nitrogens with two attached hydrogens (primary N) is 1. The molecule has 0 unspecified atom stereocenters. The van der Waals surface area contributed by atoms with Gasteiger partial charge in [-0.3, -0.25) is 14.4 Å². The van der Waals surface area contributed by atoms with Gasteiger partial charge in [-0.2, -0.15) is 0 Å². The Morgan fingerprint density at radius 3 is 2.33 bits per heavy atom. The summed E-state index contributed by atoms with van der Waals surface area (Å²) in [6, 6.07) is 11.3. The van der Waals surface area contributed by atoms with Crippen molar-refractivity contribution >= 4 is 29.4 Å². The fourth-order valence-electron chi connectivity index (χ4n) is 2.85. The number of halogens is 1. The molecular weight excluding hydrogens is 446 g/mol. The highest BCUT2D eigenvalue weighted by Gasteiger charge is 2.26. The van der Waals surface area contributed by atoms with Gasteiger partial charge in [-0.1, -0.05) is 55.8 Å². The predicted octanol–water partition coefficient (Wildman–Crippen LogP) is 2.63. The van der Waals surface area contributed by atoms with E-state index in [1.54, 1.807) is 12.1 Å². The van der Waals surface area contributed by atoms with Crippen molar-refractivity contribution in [3.63, 3.8) is 0 Å². The van der Waals surface area contributed by atoms with Gasteiger partial charge in [-0.25, -0.2) is 0 Å². The smallest absolute Gasteiger partial charge is 0.325 e. The van der Waals surface area contributed by atoms with Crippen molar-refractivity contribution < 1.29 is 24.2 Å². The number of rotatable bonds is 11. The summed E-state index contributed by atoms with van der Waals surface area (Å²) < 4.78 is 5.77. The maximum Gasteiger partial charge on any atom is 0.325 e. The summed E-state index contributed by atoms with van der Waals surface area (Å²) in [6.45, 7) is 5.48. The first-order valence-electron chi connectivity index (χ1n) is 10.6. The Kier molecular flexibility index (Phi) is 9.69. The minimum atomic E-state index is -1.18. The van der Waals surface area contributed by atoms with Crippen LogP contribution in [0.25, 0.3) is 0 Å². The van der Waals surface area contributed by atoms with Gasteiger partial charge in [-0.05, 0) is 36.6 Å². The second-order valence-electron chi connectivity index (χ2n) is 8.14. The quantitative estimate of drug-likeness (QED) is 0.395. The van der Waals surface area contributed by atoms with Gasteiger partial charge in [0.1, 0.15) is 24.4 Å². The summed E-state index contributed by atoms with van der Waals surface area (Å²) in [7, 11) is 0. The molecule has 0 saturated heterocycles. The maximum absolute atomic E-state index is 13.1. The van der Waals surface area contributed by atoms with Gasteiger partial charge in [0.05, 0.1) is 5.56 Å². The number of ether oxygens (including phenoxy) is 1. The first-order chi connectivity index (χ1) is 15.6. The summed E-state index contributed by atoms with van der Waals surface area (Å²) in [6.07, 6.45) is 0.166. The molecule has 0 aliphatic carbocycles. The van der Waals surface area contributed by atoms with Gasteiger partial charge in [0.15, 0.2) is 0 Å². The summed E-state index contributed by atoms with van der Waals surface area (Å²) in [5, 5.41) is 14.5. The Morgan fingerprint density at radius 1 is 1.06 bits per heavy atom. The zero-order valence-electron chi connectivity index (χ0n) is 18.9. The van der Waals surface area contributed by atoms with Crippen molar-refractivity contribution in [3.05, 3.63) is 64.7 Å². The third-order valence-corrected chi connectivity index (χ3v) is 5.34. The Labute approximate surface area is 198 Å². The van der Waals surface area contributed by atoms with Crippen LogP contribution in [0.2, 0.25) is 5.02 Å². The SMILES string of the molecule is CC(C)[C@@H](N)COc1ccc(Cl)cc1C(=O)N[C@@H](Cc1ccccc1)C(=O)N[C@@H](C)C(=O)O. The van der Waals surface area contributed by atoms with E-state index in [1.807, 2.05) is 44.2 Å². The fraction of sp³-hybridized carbons (Fsp3) is 0.375. The van der Waals surface area contributed by atoms with Crippen LogP contribution < -0.4 is 21.1 Å². The number of hydrogen-bond donors (Lipinski definition) is 4. The minimum absolute atomic E-state index is 0.149. The number of carbonyl (C=O) groups excluding carboxylic acids is 2. The van der Waals surface area contributed by atoms with Crippen molar-refractivity contribution in [1.82, 2.24) is 10.6 Å². The molecule has 0 spiro atoms. The number of carboxylic acids is 1. The number of hydrogen-bond acceptors (Lipinski definition) is 5. The normalized spacial score (nSPS) is 13.6. The third kappa shape index (κ3) is 8.07. The molecule has 0 fully saturated rings. The van der Waals surface area contributed by atoms with Crippen LogP contribution in [0.15, 0.2) is 48.5 Å².